The Morgan fingerprint density at radius 3 is 3.15 bits per heavy atom. The minimum absolute atomic E-state index is 0.326. The number of benzene rings is 1. The molecule has 2 bridgehead atoms. The Bertz CT molecular complexity index is 601. The van der Waals surface area contributed by atoms with Gasteiger partial charge in [0, 0.05) is 30.0 Å². The first-order valence-electron chi connectivity index (χ1n) is 7.88. The summed E-state index contributed by atoms with van der Waals surface area (Å²) in [5, 5.41) is 13.6. The molecule has 0 aromatic heterocycles. The van der Waals surface area contributed by atoms with Gasteiger partial charge < -0.3 is 15.3 Å². The number of nitrogens with one attached hydrogen (secondary N) is 1. The minimum atomic E-state index is 0.326. The van der Waals surface area contributed by atoms with Crippen LogP contribution in [0, 0.1) is 11.3 Å². The summed E-state index contributed by atoms with van der Waals surface area (Å²) in [6.45, 7) is 3.53. The number of phenolic OH excluding ortho intramolecular Hbond substituents is 1. The van der Waals surface area contributed by atoms with Crippen LogP contribution in [-0.2, 0) is 11.8 Å². The molecule has 2 unspecified atom stereocenters. The van der Waals surface area contributed by atoms with E-state index >= 15 is 0 Å². The first-order chi connectivity index (χ1) is 9.65. The number of hydrogen-bond donors (Lipinski definition) is 2. The highest BCUT2D eigenvalue weighted by Crippen LogP contribution is 2.67. The van der Waals surface area contributed by atoms with Crippen LogP contribution < -0.4 is 5.32 Å². The van der Waals surface area contributed by atoms with E-state index in [9.17, 15) is 5.11 Å². The van der Waals surface area contributed by atoms with Gasteiger partial charge in [-0.2, -0.15) is 0 Å². The third-order valence-corrected chi connectivity index (χ3v) is 6.71. The summed E-state index contributed by atoms with van der Waals surface area (Å²) in [4.78, 5) is 2.57. The van der Waals surface area contributed by atoms with Crippen molar-refractivity contribution in [2.45, 2.75) is 30.7 Å². The zero-order valence-corrected chi connectivity index (χ0v) is 12.0. The van der Waals surface area contributed by atoms with E-state index in [1.807, 2.05) is 6.07 Å². The lowest BCUT2D eigenvalue weighted by Gasteiger charge is -2.55. The lowest BCUT2D eigenvalue weighted by atomic mass is 9.61. The SMILES string of the molecule is CN1CC23Cc4ccc(O)cc4[C@]4(CCNC[C@H]4C12)C3. The third-order valence-electron chi connectivity index (χ3n) is 6.71. The Morgan fingerprint density at radius 1 is 1.40 bits per heavy atom. The van der Waals surface area contributed by atoms with Gasteiger partial charge in [-0.3, -0.25) is 0 Å². The fraction of sp³-hybridized carbons (Fsp3) is 0.647. The fourth-order valence-electron chi connectivity index (χ4n) is 6.36. The Labute approximate surface area is 120 Å². The number of likely N-dealkylation sites (tertiary alicyclic amines) is 1. The van der Waals surface area contributed by atoms with Gasteiger partial charge in [-0.15, -0.1) is 0 Å². The van der Waals surface area contributed by atoms with Crippen LogP contribution in [0.4, 0.5) is 0 Å². The standard InChI is InChI=1S/C17H22N2O/c1-19-10-16-7-11-2-3-12(20)6-13(11)17(9-16)4-5-18-8-14(17)15(16)19/h2-3,6,14-15,18,20H,4-5,7-10H2,1H3/t14-,15?,16?,17-/m0/s1. The highest BCUT2D eigenvalue weighted by molar-refractivity contribution is 5.49. The van der Waals surface area contributed by atoms with Gasteiger partial charge in [0.15, 0.2) is 0 Å². The number of phenols is 1. The van der Waals surface area contributed by atoms with Gasteiger partial charge in [0.25, 0.3) is 0 Å². The summed E-state index contributed by atoms with van der Waals surface area (Å²) in [7, 11) is 2.29. The number of nitrogens with zero attached hydrogens (tertiary/aromatic N) is 1. The molecule has 2 spiro atoms. The molecule has 2 saturated heterocycles. The van der Waals surface area contributed by atoms with Crippen molar-refractivity contribution in [3.8, 4) is 5.75 Å². The Balaban J connectivity index is 1.75. The molecule has 4 aliphatic rings. The molecule has 2 heterocycles. The van der Waals surface area contributed by atoms with Gasteiger partial charge in [0.2, 0.25) is 0 Å². The number of hydrogen-bond acceptors (Lipinski definition) is 3. The molecule has 1 saturated carbocycles. The molecule has 3 nitrogen and oxygen atoms in total. The molecule has 4 atom stereocenters. The maximum Gasteiger partial charge on any atom is 0.115 e. The molecular formula is C17H22N2O. The van der Waals surface area contributed by atoms with Crippen molar-refractivity contribution in [2.24, 2.45) is 11.3 Å². The normalized spacial score (nSPS) is 45.2. The largest absolute Gasteiger partial charge is 0.508 e. The second kappa shape index (κ2) is 3.40. The van der Waals surface area contributed by atoms with Crippen molar-refractivity contribution >= 4 is 0 Å². The molecule has 0 radical (unpaired) electrons. The summed E-state index contributed by atoms with van der Waals surface area (Å²) in [6, 6.07) is 6.88. The molecule has 3 fully saturated rings. The highest BCUT2D eigenvalue weighted by atomic mass is 16.3. The molecule has 20 heavy (non-hydrogen) atoms. The molecule has 1 aromatic carbocycles. The van der Waals surface area contributed by atoms with Gasteiger partial charge in [-0.25, -0.2) is 0 Å². The first kappa shape index (κ1) is 11.6. The fourth-order valence-corrected chi connectivity index (χ4v) is 6.36. The van der Waals surface area contributed by atoms with Crippen LogP contribution in [-0.4, -0.2) is 42.7 Å². The third kappa shape index (κ3) is 1.12. The lowest BCUT2D eigenvalue weighted by molar-refractivity contribution is -0.0499. The smallest absolute Gasteiger partial charge is 0.115 e. The van der Waals surface area contributed by atoms with Crippen LogP contribution in [0.15, 0.2) is 18.2 Å². The van der Waals surface area contributed by atoms with E-state index in [-0.39, 0.29) is 0 Å². The van der Waals surface area contributed by atoms with E-state index in [2.05, 4.69) is 29.4 Å². The molecule has 1 aromatic rings. The van der Waals surface area contributed by atoms with Crippen LogP contribution in [0.3, 0.4) is 0 Å². The van der Waals surface area contributed by atoms with E-state index in [4.69, 9.17) is 0 Å². The van der Waals surface area contributed by atoms with Gasteiger partial charge in [-0.1, -0.05) is 6.07 Å². The number of rotatable bonds is 0. The summed E-state index contributed by atoms with van der Waals surface area (Å²) in [5.74, 6) is 1.16. The van der Waals surface area contributed by atoms with Crippen molar-refractivity contribution in [1.82, 2.24) is 10.2 Å². The van der Waals surface area contributed by atoms with Crippen molar-refractivity contribution in [2.75, 3.05) is 26.7 Å². The highest BCUT2D eigenvalue weighted by Gasteiger charge is 2.70. The van der Waals surface area contributed by atoms with E-state index < -0.39 is 0 Å². The van der Waals surface area contributed by atoms with E-state index in [1.165, 1.54) is 36.9 Å². The van der Waals surface area contributed by atoms with Crippen LogP contribution in [0.5, 0.6) is 5.75 Å². The van der Waals surface area contributed by atoms with Gasteiger partial charge in [0.1, 0.15) is 5.75 Å². The molecule has 2 N–H and O–H groups in total. The van der Waals surface area contributed by atoms with Gasteiger partial charge in [0.05, 0.1) is 0 Å². The van der Waals surface area contributed by atoms with Gasteiger partial charge >= 0.3 is 0 Å². The van der Waals surface area contributed by atoms with Gasteiger partial charge in [-0.05, 0) is 62.0 Å². The van der Waals surface area contributed by atoms with Crippen LogP contribution in [0.25, 0.3) is 0 Å². The number of aromatic hydroxyl groups is 1. The zero-order chi connectivity index (χ0) is 13.5. The second-order valence-corrected chi connectivity index (χ2v) is 7.63. The van der Waals surface area contributed by atoms with Crippen LogP contribution in [0.1, 0.15) is 24.0 Å². The quantitative estimate of drug-likeness (QED) is 0.750. The molecular weight excluding hydrogens is 248 g/mol. The summed E-state index contributed by atoms with van der Waals surface area (Å²) >= 11 is 0. The average molecular weight is 270 g/mol. The predicted molar refractivity (Wildman–Crippen MR) is 77.9 cm³/mol. The minimum Gasteiger partial charge on any atom is -0.508 e. The van der Waals surface area contributed by atoms with Crippen molar-refractivity contribution in [3.63, 3.8) is 0 Å². The molecule has 106 valence electrons. The summed E-state index contributed by atoms with van der Waals surface area (Å²) in [5.41, 5.74) is 3.83. The molecule has 3 heteroatoms. The number of piperidine rings is 1. The van der Waals surface area contributed by atoms with Crippen molar-refractivity contribution in [1.29, 1.82) is 0 Å². The monoisotopic (exact) mass is 270 g/mol. The Morgan fingerprint density at radius 2 is 2.30 bits per heavy atom. The van der Waals surface area contributed by atoms with Crippen LogP contribution >= 0.6 is 0 Å². The topological polar surface area (TPSA) is 35.5 Å². The van der Waals surface area contributed by atoms with E-state index in [0.29, 0.717) is 16.6 Å². The van der Waals surface area contributed by atoms with E-state index in [0.717, 1.165) is 25.0 Å². The second-order valence-electron chi connectivity index (χ2n) is 7.63. The summed E-state index contributed by atoms with van der Waals surface area (Å²) in [6.07, 6.45) is 3.80. The molecule has 2 aliphatic heterocycles. The predicted octanol–water partition coefficient (Wildman–Crippen LogP) is 1.50. The maximum atomic E-state index is 9.97. The Kier molecular flexibility index (Phi) is 1.97. The Hall–Kier alpha value is -1.06. The molecule has 5 rings (SSSR count). The van der Waals surface area contributed by atoms with Crippen LogP contribution in [0.2, 0.25) is 0 Å². The van der Waals surface area contributed by atoms with Crippen molar-refractivity contribution < 1.29 is 5.11 Å². The summed E-state index contributed by atoms with van der Waals surface area (Å²) < 4.78 is 0. The average Bonchev–Trinajstić information content (AvgIpc) is 2.61. The van der Waals surface area contributed by atoms with E-state index in [1.54, 1.807) is 0 Å². The number of fused-ring (bicyclic) bond motifs is 2. The first-order valence-corrected chi connectivity index (χ1v) is 7.88. The maximum absolute atomic E-state index is 9.97. The zero-order valence-electron chi connectivity index (χ0n) is 12.0. The van der Waals surface area contributed by atoms with Crippen molar-refractivity contribution in [3.05, 3.63) is 29.3 Å². The molecule has 2 aliphatic carbocycles. The molecule has 0 amide bonds. The lowest BCUT2D eigenvalue weighted by Crippen LogP contribution is -2.64.